The number of nitrogens with zero attached hydrogens (tertiary/aromatic N) is 6. The quantitative estimate of drug-likeness (QED) is 0.217. The molecule has 0 saturated heterocycles. The minimum absolute atomic E-state index is 0.00105. The first-order valence-electron chi connectivity index (χ1n) is 39.8. The summed E-state index contributed by atoms with van der Waals surface area (Å²) in [6, 6.07) is 0. The van der Waals surface area contributed by atoms with Crippen molar-refractivity contribution >= 4 is 34.8 Å². The largest absolute Gasteiger partial charge is 0.287 e. The zero-order chi connectivity index (χ0) is 81.4. The van der Waals surface area contributed by atoms with Crippen molar-refractivity contribution < 1.29 is 2.74 Å². The molecular weight excluding hydrogens is 1210 g/mol. The van der Waals surface area contributed by atoms with E-state index < -0.39 is 11.8 Å². The van der Waals surface area contributed by atoms with Gasteiger partial charge in [0, 0.05) is 37.7 Å². The molecule has 0 radical (unpaired) electrons. The van der Waals surface area contributed by atoms with Crippen LogP contribution in [-0.2, 0) is 0 Å². The Labute approximate surface area is 629 Å². The average molecular weight is 1390 g/mol. The highest BCUT2D eigenvalue weighted by atomic mass is 14.9. The minimum Gasteiger partial charge on any atom is -0.287 e. The molecule has 6 nitrogen and oxygen atoms in total. The van der Waals surface area contributed by atoms with Gasteiger partial charge in [-0.1, -0.05) is 254 Å². The third-order valence-corrected chi connectivity index (χ3v) is 13.5. The van der Waals surface area contributed by atoms with Crippen molar-refractivity contribution in [2.75, 3.05) is 0 Å². The Morgan fingerprint density at radius 3 is 1.26 bits per heavy atom. The zero-order valence-electron chi connectivity index (χ0n) is 77.5. The van der Waals surface area contributed by atoms with Crippen molar-refractivity contribution in [3.05, 3.63) is 95.2 Å². The first kappa shape index (κ1) is 95.9. The first-order valence-corrected chi connectivity index (χ1v) is 38.8. The molecule has 100 heavy (non-hydrogen) atoms. The predicted molar refractivity (Wildman–Crippen MR) is 464 cm³/mol. The van der Waals surface area contributed by atoms with Gasteiger partial charge in [-0.05, 0) is 273 Å². The molecule has 6 heteroatoms. The summed E-state index contributed by atoms with van der Waals surface area (Å²) in [5.74, 6) is -1.11. The highest BCUT2D eigenvalue weighted by Crippen LogP contribution is 2.33. The van der Waals surface area contributed by atoms with E-state index in [1.165, 1.54) is 65.8 Å². The van der Waals surface area contributed by atoms with E-state index in [2.05, 4.69) is 375 Å². The summed E-state index contributed by atoms with van der Waals surface area (Å²) in [5.41, 5.74) is 12.5. The molecule has 0 N–H and O–H groups in total. The van der Waals surface area contributed by atoms with Crippen LogP contribution in [-0.4, -0.2) is 68.0 Å². The molecule has 0 bridgehead atoms. The summed E-state index contributed by atoms with van der Waals surface area (Å²) in [7, 11) is 0. The van der Waals surface area contributed by atoms with Crippen LogP contribution in [0.25, 0.3) is 0 Å². The van der Waals surface area contributed by atoms with E-state index in [9.17, 15) is 0 Å². The van der Waals surface area contributed by atoms with Crippen molar-refractivity contribution in [3.63, 3.8) is 0 Å². The van der Waals surface area contributed by atoms with E-state index >= 15 is 0 Å². The molecule has 0 spiro atoms. The van der Waals surface area contributed by atoms with E-state index in [4.69, 9.17) is 22.7 Å². The highest BCUT2D eigenvalue weighted by molar-refractivity contribution is 6.11. The number of hydrogen-bond donors (Lipinski definition) is 0. The third kappa shape index (κ3) is 65.9. The van der Waals surface area contributed by atoms with Crippen LogP contribution in [0.5, 0.6) is 0 Å². The molecule has 0 heterocycles. The predicted octanol–water partition coefficient (Wildman–Crippen LogP) is 29.9. The molecule has 3 aliphatic rings. The summed E-state index contributed by atoms with van der Waals surface area (Å²) in [6.07, 6.45) is 40.9. The lowest BCUT2D eigenvalue weighted by atomic mass is 9.82. The fraction of sp³-hybridized carbons (Fsp3) is 0.766. The van der Waals surface area contributed by atoms with Gasteiger partial charge >= 0.3 is 0 Å². The van der Waals surface area contributed by atoms with Crippen molar-refractivity contribution in [2.24, 2.45) is 85.1 Å². The summed E-state index contributed by atoms with van der Waals surface area (Å²) in [5, 5.41) is 0. The standard InChI is InChI=1S/C17H31N.C17H33N.C16H31N.C15H27N.C15H23N.C14H27N/c1-16(2,3)13-12-15(18-17(4,5)6)14-10-8-7-9-11-14;1-13(18-17(8,9)10)14(11-15(2,3)4)12-16(5,6)7;1-14(2,3)10-13(11-15(4,5)6)12-17-16(7,8)9;2*1-14(2,3)11-12-9-7-8-10-13(12)16-15(4,5)6;1-11(2)12(15-14(6,7)8)9-10-13(3,4)5/h12-14H,7-11H2,1-6H3;11H,12H2,1-10H3;10,12H,11H2,1-9H3;11H,7-10H2,1-6H3;7-11H,1-6H3;9-11H,1-8H3/b13-12-,18-15?;14-11-,18-13?;13-10-,17-12?;2*12-11-,16-13?;10-9-,15-12?/i14D;;;;;11D. The summed E-state index contributed by atoms with van der Waals surface area (Å²) in [6.45, 7) is 97.8. The maximum absolute atomic E-state index is 8.78. The second-order valence-electron chi connectivity index (χ2n) is 44.1. The van der Waals surface area contributed by atoms with Crippen LogP contribution in [0.3, 0.4) is 0 Å². The van der Waals surface area contributed by atoms with Gasteiger partial charge in [-0.25, -0.2) is 0 Å². The van der Waals surface area contributed by atoms with Gasteiger partial charge in [0.15, 0.2) is 0 Å². The second kappa shape index (κ2) is 41.0. The fourth-order valence-electron chi connectivity index (χ4n) is 10.4. The molecule has 0 unspecified atom stereocenters. The van der Waals surface area contributed by atoms with Crippen molar-refractivity contribution in [3.8, 4) is 0 Å². The van der Waals surface area contributed by atoms with Crippen LogP contribution in [0.2, 0.25) is 0 Å². The molecule has 0 aromatic rings. The normalized spacial score (nSPS) is 19.7. The van der Waals surface area contributed by atoms with Crippen LogP contribution in [0.15, 0.2) is 125 Å². The molecule has 3 rings (SSSR count). The molecule has 0 aromatic heterocycles. The number of hydrogen-bond acceptors (Lipinski definition) is 6. The SMILES string of the molecule is CC(=NC(C)(C)C)/C(=C\C(C)(C)C)CC(C)(C)C.CC(C)(C)/C=C(\C=NC(C)(C)C)CC(C)(C)C.CC(C)(C)/C=C1/C=CC=CC1=NC(C)(C)C.CC(C)(C)/C=C1/CCCCC1=NC(C)(C)C.[2H]C(C)(C)C(/C=C\C(C)(C)C)=NC(C)(C)C.[2H]C1(C(/C=C\C(C)(C)C)=NC(C)(C)C)CCCCC1. The van der Waals surface area contributed by atoms with Crippen molar-refractivity contribution in [1.29, 1.82) is 0 Å². The lowest BCUT2D eigenvalue weighted by Crippen LogP contribution is -2.22. The minimum atomic E-state index is -0.644. The van der Waals surface area contributed by atoms with Gasteiger partial charge < -0.3 is 0 Å². The van der Waals surface area contributed by atoms with Gasteiger partial charge in [0.2, 0.25) is 0 Å². The van der Waals surface area contributed by atoms with E-state index in [-0.39, 0.29) is 65.7 Å². The smallest absolute Gasteiger partial charge is 0.0650 e. The molecule has 3 aliphatic carbocycles. The maximum Gasteiger partial charge on any atom is 0.0650 e. The molecule has 2 saturated carbocycles. The second-order valence-corrected chi connectivity index (χ2v) is 44.1. The average Bonchev–Trinajstić information content (AvgIpc) is 0.868. The molecule has 0 aromatic carbocycles. The number of aliphatic imine (C=N–C) groups is 6. The van der Waals surface area contributed by atoms with E-state index in [0.717, 1.165) is 55.7 Å². The molecule has 578 valence electrons. The topological polar surface area (TPSA) is 74.2 Å². The number of allylic oxidation sites excluding steroid dienone is 16. The molecule has 2 fully saturated rings. The van der Waals surface area contributed by atoms with Crippen LogP contribution >= 0.6 is 0 Å². The van der Waals surface area contributed by atoms with Crippen LogP contribution in [0, 0.1) is 55.1 Å². The van der Waals surface area contributed by atoms with E-state index in [1.54, 1.807) is 0 Å². The van der Waals surface area contributed by atoms with Gasteiger partial charge in [-0.3, -0.25) is 30.0 Å². The fourth-order valence-corrected chi connectivity index (χ4v) is 10.4. The summed E-state index contributed by atoms with van der Waals surface area (Å²) >= 11 is 0. The monoisotopic (exact) mass is 1390 g/mol. The van der Waals surface area contributed by atoms with Crippen molar-refractivity contribution in [2.45, 2.75) is 415 Å². The lowest BCUT2D eigenvalue weighted by molar-refractivity contribution is 0.410. The van der Waals surface area contributed by atoms with Crippen molar-refractivity contribution in [1.82, 2.24) is 0 Å². The van der Waals surface area contributed by atoms with Crippen LogP contribution < -0.4 is 0 Å². The summed E-state index contributed by atoms with van der Waals surface area (Å²) < 4.78 is 16.9. The van der Waals surface area contributed by atoms with Gasteiger partial charge in [-0.15, -0.1) is 0 Å². The molecule has 0 aliphatic heterocycles. The zero-order valence-corrected chi connectivity index (χ0v) is 75.5. The summed E-state index contributed by atoms with van der Waals surface area (Å²) in [4.78, 5) is 28.6. The highest BCUT2D eigenvalue weighted by Gasteiger charge is 2.25. The first-order chi connectivity index (χ1) is 44.7. The lowest BCUT2D eigenvalue weighted by Gasteiger charge is -2.25. The Bertz CT molecular complexity index is 2880. The Morgan fingerprint density at radius 2 is 0.880 bits per heavy atom. The van der Waals surface area contributed by atoms with Crippen LogP contribution in [0.4, 0.5) is 0 Å². The van der Waals surface area contributed by atoms with Gasteiger partial charge in [-0.2, -0.15) is 0 Å². The van der Waals surface area contributed by atoms with Gasteiger partial charge in [0.1, 0.15) is 0 Å². The Balaban J connectivity index is -0.00000115. The van der Waals surface area contributed by atoms with Gasteiger partial charge in [0.25, 0.3) is 0 Å². The number of rotatable bonds is 8. The maximum atomic E-state index is 8.78. The van der Waals surface area contributed by atoms with E-state index in [0.29, 0.717) is 10.8 Å². The van der Waals surface area contributed by atoms with E-state index in [1.807, 2.05) is 26.0 Å². The molecular formula is C94H172N6. The van der Waals surface area contributed by atoms with Crippen LogP contribution in [0.1, 0.15) is 385 Å². The Kier molecular flexibility index (Phi) is 39.3. The molecule has 0 atom stereocenters. The van der Waals surface area contributed by atoms with Gasteiger partial charge in [0.05, 0.1) is 38.9 Å². The Morgan fingerprint density at radius 1 is 0.450 bits per heavy atom. The Hall–Kier alpha value is -4.06. The molecule has 0 amide bonds. The third-order valence-electron chi connectivity index (χ3n) is 13.5.